The van der Waals surface area contributed by atoms with Gasteiger partial charge in [-0.2, -0.15) is 0 Å². The van der Waals surface area contributed by atoms with E-state index >= 15 is 0 Å². The van der Waals surface area contributed by atoms with Crippen LogP contribution in [0.5, 0.6) is 0 Å². The van der Waals surface area contributed by atoms with E-state index in [1.54, 1.807) is 43.3 Å². The second-order valence-electron chi connectivity index (χ2n) is 12.4. The van der Waals surface area contributed by atoms with Crippen LogP contribution in [0.4, 0.5) is 0 Å². The Kier molecular flexibility index (Phi) is 7.37. The summed E-state index contributed by atoms with van der Waals surface area (Å²) in [4.78, 5) is 39.0. The summed E-state index contributed by atoms with van der Waals surface area (Å²) in [6, 6.07) is 17.9. The number of carbonyl (C=O) groups is 3. The van der Waals surface area contributed by atoms with Crippen molar-refractivity contribution in [3.63, 3.8) is 0 Å². The molecule has 1 aliphatic heterocycles. The molecule has 1 saturated heterocycles. The molecule has 41 heavy (non-hydrogen) atoms. The van der Waals surface area contributed by atoms with E-state index in [0.717, 1.165) is 5.56 Å². The van der Waals surface area contributed by atoms with Gasteiger partial charge in [-0.05, 0) is 70.2 Å². The summed E-state index contributed by atoms with van der Waals surface area (Å²) in [6.45, 7) is 8.68. The average molecular weight is 563 g/mol. The topological polar surface area (TPSA) is 108 Å². The molecule has 2 aromatic carbocycles. The van der Waals surface area contributed by atoms with Crippen LogP contribution in [0.1, 0.15) is 69.8 Å². The number of esters is 3. The highest BCUT2D eigenvalue weighted by molar-refractivity contribution is 5.89. The molecule has 218 valence electrons. The molecule has 0 unspecified atom stereocenters. The molecule has 2 aromatic rings. The van der Waals surface area contributed by atoms with Crippen LogP contribution in [-0.4, -0.2) is 58.1 Å². The van der Waals surface area contributed by atoms with Gasteiger partial charge in [0.05, 0.1) is 22.2 Å². The molecule has 5 rings (SSSR count). The van der Waals surface area contributed by atoms with Gasteiger partial charge in [0.15, 0.2) is 6.10 Å². The monoisotopic (exact) mass is 562 g/mol. The number of carbonyl (C=O) groups excluding carboxylic acids is 3. The number of fused-ring (bicyclic) bond motifs is 1. The van der Waals surface area contributed by atoms with Gasteiger partial charge in [0.2, 0.25) is 0 Å². The first kappa shape index (κ1) is 29.0. The average Bonchev–Trinajstić information content (AvgIpc) is 3.17. The summed E-state index contributed by atoms with van der Waals surface area (Å²) < 4.78 is 24.9. The Morgan fingerprint density at radius 3 is 2.17 bits per heavy atom. The van der Waals surface area contributed by atoms with Gasteiger partial charge in [-0.15, -0.1) is 0 Å². The number of hydrogen-bond donors (Lipinski definition) is 1. The molecule has 8 nitrogen and oxygen atoms in total. The predicted octanol–water partition coefficient (Wildman–Crippen LogP) is 4.89. The van der Waals surface area contributed by atoms with Gasteiger partial charge in [0.25, 0.3) is 0 Å². The third-order valence-electron chi connectivity index (χ3n) is 9.42. The number of benzene rings is 2. The van der Waals surface area contributed by atoms with Gasteiger partial charge in [0, 0.05) is 19.4 Å². The molecule has 2 saturated carbocycles. The fourth-order valence-electron chi connectivity index (χ4n) is 7.35. The van der Waals surface area contributed by atoms with E-state index in [4.69, 9.17) is 18.9 Å². The minimum absolute atomic E-state index is 0.0215. The van der Waals surface area contributed by atoms with Crippen LogP contribution in [0.15, 0.2) is 66.7 Å². The maximum Gasteiger partial charge on any atom is 0.338 e. The van der Waals surface area contributed by atoms with Crippen molar-refractivity contribution in [3.05, 3.63) is 77.9 Å². The smallest absolute Gasteiger partial charge is 0.338 e. The molecule has 3 fully saturated rings. The van der Waals surface area contributed by atoms with Crippen molar-refractivity contribution < 1.29 is 38.4 Å². The standard InChI is InChI=1S/C33H38O8/c1-21(34)38-25-20-31(4,37)33-19-24(30(2,3)41-33)18-26(39-27(35)17-16-22-12-8-6-9-13-22)32(33,5)28(25)40-29(36)23-14-10-7-11-15-23/h6-17,24-26,28,37H,18-20H2,1-5H3/b17-16+/t24-,25-,26+,28+,31+,32-,33+/m1/s1. The Bertz CT molecular complexity index is 1330. The Labute approximate surface area is 240 Å². The lowest BCUT2D eigenvalue weighted by atomic mass is 9.48. The fourth-order valence-corrected chi connectivity index (χ4v) is 7.35. The molecule has 8 heteroatoms. The third kappa shape index (κ3) is 4.97. The van der Waals surface area contributed by atoms with Crippen LogP contribution in [0.3, 0.4) is 0 Å². The molecular formula is C33H38O8. The summed E-state index contributed by atoms with van der Waals surface area (Å²) in [5.41, 5.74) is -3.54. The molecule has 1 heterocycles. The fraction of sp³-hybridized carbons (Fsp3) is 0.485. The summed E-state index contributed by atoms with van der Waals surface area (Å²) >= 11 is 0. The highest BCUT2D eigenvalue weighted by atomic mass is 16.6. The zero-order valence-electron chi connectivity index (χ0n) is 24.2. The highest BCUT2D eigenvalue weighted by Crippen LogP contribution is 2.68. The van der Waals surface area contributed by atoms with Crippen LogP contribution in [0.2, 0.25) is 0 Å². The zero-order chi connectivity index (χ0) is 29.6. The molecule has 1 N–H and O–H groups in total. The third-order valence-corrected chi connectivity index (χ3v) is 9.42. The van der Waals surface area contributed by atoms with E-state index in [-0.39, 0.29) is 12.3 Å². The van der Waals surface area contributed by atoms with Crippen LogP contribution in [0.25, 0.3) is 6.08 Å². The maximum absolute atomic E-state index is 13.5. The largest absolute Gasteiger partial charge is 0.458 e. The molecule has 7 atom stereocenters. The minimum atomic E-state index is -1.51. The summed E-state index contributed by atoms with van der Waals surface area (Å²) in [5.74, 6) is -1.81. The Hall–Kier alpha value is -3.49. The van der Waals surface area contributed by atoms with E-state index in [1.807, 2.05) is 51.1 Å². The van der Waals surface area contributed by atoms with Crippen molar-refractivity contribution in [2.75, 3.05) is 0 Å². The minimum Gasteiger partial charge on any atom is -0.458 e. The first-order valence-corrected chi connectivity index (χ1v) is 14.1. The van der Waals surface area contributed by atoms with Crippen molar-refractivity contribution in [1.82, 2.24) is 0 Å². The number of hydrogen-bond acceptors (Lipinski definition) is 8. The van der Waals surface area contributed by atoms with Crippen LogP contribution in [-0.2, 0) is 28.5 Å². The predicted molar refractivity (Wildman–Crippen MR) is 151 cm³/mol. The summed E-state index contributed by atoms with van der Waals surface area (Å²) in [7, 11) is 0. The molecular weight excluding hydrogens is 524 g/mol. The summed E-state index contributed by atoms with van der Waals surface area (Å²) in [6.07, 6.45) is 0.983. The first-order chi connectivity index (χ1) is 19.3. The Balaban J connectivity index is 1.58. The van der Waals surface area contributed by atoms with Gasteiger partial charge in [0.1, 0.15) is 17.8 Å². The van der Waals surface area contributed by atoms with Crippen LogP contribution < -0.4 is 0 Å². The van der Waals surface area contributed by atoms with Crippen LogP contribution >= 0.6 is 0 Å². The lowest BCUT2D eigenvalue weighted by Gasteiger charge is -2.63. The summed E-state index contributed by atoms with van der Waals surface area (Å²) in [5, 5.41) is 12.1. The maximum atomic E-state index is 13.5. The van der Waals surface area contributed by atoms with E-state index in [0.29, 0.717) is 18.4 Å². The highest BCUT2D eigenvalue weighted by Gasteiger charge is 2.79. The van der Waals surface area contributed by atoms with E-state index in [9.17, 15) is 19.5 Å². The van der Waals surface area contributed by atoms with Gasteiger partial charge < -0.3 is 24.1 Å². The van der Waals surface area contributed by atoms with E-state index < -0.39 is 58.4 Å². The van der Waals surface area contributed by atoms with Gasteiger partial charge in [-0.1, -0.05) is 48.5 Å². The number of aliphatic hydroxyl groups is 1. The van der Waals surface area contributed by atoms with E-state index in [2.05, 4.69) is 0 Å². The Morgan fingerprint density at radius 1 is 0.902 bits per heavy atom. The second kappa shape index (κ2) is 10.4. The van der Waals surface area contributed by atoms with Crippen molar-refractivity contribution in [2.45, 2.75) is 89.0 Å². The van der Waals surface area contributed by atoms with Gasteiger partial charge in [-0.25, -0.2) is 9.59 Å². The molecule has 2 bridgehead atoms. The second-order valence-corrected chi connectivity index (χ2v) is 12.4. The molecule has 0 amide bonds. The van der Waals surface area contributed by atoms with E-state index in [1.165, 1.54) is 13.0 Å². The van der Waals surface area contributed by atoms with Gasteiger partial charge >= 0.3 is 17.9 Å². The first-order valence-electron chi connectivity index (χ1n) is 14.1. The quantitative estimate of drug-likeness (QED) is 0.301. The van der Waals surface area contributed by atoms with Crippen molar-refractivity contribution >= 4 is 24.0 Å². The normalized spacial score (nSPS) is 35.4. The van der Waals surface area contributed by atoms with Crippen molar-refractivity contribution in [2.24, 2.45) is 11.3 Å². The Morgan fingerprint density at radius 2 is 1.54 bits per heavy atom. The molecule has 0 radical (unpaired) electrons. The molecule has 2 aliphatic carbocycles. The molecule has 0 aromatic heterocycles. The van der Waals surface area contributed by atoms with Crippen molar-refractivity contribution in [3.8, 4) is 0 Å². The number of ether oxygens (including phenoxy) is 4. The SMILES string of the molecule is CC(=O)O[C@@H]1C[C@](C)(O)[C@@]23C[C@@H](C[C@H](OC(=O)/C=C/c4ccccc4)[C@]2(C)[C@H]1OC(=O)c1ccccc1)C(C)(C)O3. The van der Waals surface area contributed by atoms with Crippen LogP contribution in [0, 0.1) is 11.3 Å². The lowest BCUT2D eigenvalue weighted by Crippen LogP contribution is -2.77. The number of rotatable bonds is 6. The zero-order valence-corrected chi connectivity index (χ0v) is 24.2. The van der Waals surface area contributed by atoms with Crippen molar-refractivity contribution in [1.29, 1.82) is 0 Å². The molecule has 3 aliphatic rings. The lowest BCUT2D eigenvalue weighted by molar-refractivity contribution is -0.323. The van der Waals surface area contributed by atoms with Gasteiger partial charge in [-0.3, -0.25) is 4.79 Å². The molecule has 1 spiro atoms.